The van der Waals surface area contributed by atoms with Gasteiger partial charge in [0, 0.05) is 43.4 Å². The first-order valence-corrected chi connectivity index (χ1v) is 8.77. The third kappa shape index (κ3) is 3.22. The molecule has 0 bridgehead atoms. The Morgan fingerprint density at radius 2 is 1.93 bits per heavy atom. The molecule has 0 spiro atoms. The molecular weight excluding hydrogens is 352 g/mol. The lowest BCUT2D eigenvalue weighted by atomic mass is 10.0. The lowest BCUT2D eigenvalue weighted by Crippen LogP contribution is -2.33. The highest BCUT2D eigenvalue weighted by atomic mass is 19.3. The number of H-pyrrole nitrogens is 1. The van der Waals surface area contributed by atoms with Crippen LogP contribution in [0.1, 0.15) is 33.9 Å². The van der Waals surface area contributed by atoms with E-state index in [4.69, 9.17) is 0 Å². The van der Waals surface area contributed by atoms with Gasteiger partial charge in [-0.2, -0.15) is 10.2 Å². The van der Waals surface area contributed by atoms with Gasteiger partial charge in [-0.05, 0) is 12.5 Å². The number of aromatic nitrogens is 4. The predicted molar refractivity (Wildman–Crippen MR) is 95.5 cm³/mol. The van der Waals surface area contributed by atoms with E-state index in [1.54, 1.807) is 4.90 Å². The number of carbonyl (C=O) groups excluding carboxylic acids is 1. The number of aryl methyl sites for hydroxylation is 1. The highest BCUT2D eigenvalue weighted by Crippen LogP contribution is 2.28. The Balaban J connectivity index is 1.57. The summed E-state index contributed by atoms with van der Waals surface area (Å²) >= 11 is 0. The average molecular weight is 371 g/mol. The third-order valence-corrected chi connectivity index (χ3v) is 4.91. The highest BCUT2D eigenvalue weighted by Gasteiger charge is 2.26. The summed E-state index contributed by atoms with van der Waals surface area (Å²) in [6.07, 6.45) is -1.36. The first kappa shape index (κ1) is 17.4. The fourth-order valence-electron chi connectivity index (χ4n) is 3.53. The summed E-state index contributed by atoms with van der Waals surface area (Å²) in [5.41, 5.74) is 3.89. The van der Waals surface area contributed by atoms with Crippen molar-refractivity contribution in [2.24, 2.45) is 7.05 Å². The number of alkyl halides is 2. The molecule has 8 heteroatoms. The fourth-order valence-corrected chi connectivity index (χ4v) is 3.53. The largest absolute Gasteiger partial charge is 0.337 e. The van der Waals surface area contributed by atoms with E-state index in [1.807, 2.05) is 42.1 Å². The van der Waals surface area contributed by atoms with Gasteiger partial charge in [-0.1, -0.05) is 30.3 Å². The minimum atomic E-state index is -2.67. The first-order chi connectivity index (χ1) is 13.0. The van der Waals surface area contributed by atoms with E-state index in [-0.39, 0.29) is 17.3 Å². The molecule has 140 valence electrons. The lowest BCUT2D eigenvalue weighted by Gasteiger charge is -2.19. The molecule has 4 rings (SSSR count). The van der Waals surface area contributed by atoms with Gasteiger partial charge in [0.05, 0.1) is 5.69 Å². The second-order valence-electron chi connectivity index (χ2n) is 6.56. The van der Waals surface area contributed by atoms with Crippen LogP contribution in [0.25, 0.3) is 11.3 Å². The molecule has 0 saturated heterocycles. The van der Waals surface area contributed by atoms with E-state index in [9.17, 15) is 13.6 Å². The van der Waals surface area contributed by atoms with Gasteiger partial charge < -0.3 is 4.90 Å². The smallest absolute Gasteiger partial charge is 0.279 e. The molecule has 0 radical (unpaired) electrons. The number of halogens is 2. The van der Waals surface area contributed by atoms with E-state index in [0.29, 0.717) is 25.9 Å². The first-order valence-electron chi connectivity index (χ1n) is 8.77. The second kappa shape index (κ2) is 6.94. The number of hydrogen-bond donors (Lipinski definition) is 1. The van der Waals surface area contributed by atoms with Gasteiger partial charge in [-0.3, -0.25) is 14.6 Å². The molecule has 0 atom stereocenters. The Kier molecular flexibility index (Phi) is 4.47. The monoisotopic (exact) mass is 371 g/mol. The normalized spacial score (nSPS) is 14.3. The number of amides is 1. The van der Waals surface area contributed by atoms with Crippen molar-refractivity contribution in [3.05, 3.63) is 59.0 Å². The van der Waals surface area contributed by atoms with Gasteiger partial charge in [0.15, 0.2) is 5.69 Å². The number of fused-ring (bicyclic) bond motifs is 1. The number of aromatic amines is 1. The molecule has 1 N–H and O–H groups in total. The SMILES string of the molecule is Cn1nc(-c2ccccc2)c2c1CCN(C(=O)c1cc(C(F)F)[nH]n1)CC2. The second-order valence-corrected chi connectivity index (χ2v) is 6.56. The van der Waals surface area contributed by atoms with Crippen molar-refractivity contribution in [3.63, 3.8) is 0 Å². The topological polar surface area (TPSA) is 66.8 Å². The van der Waals surface area contributed by atoms with Crippen molar-refractivity contribution in [2.45, 2.75) is 19.3 Å². The molecule has 6 nitrogen and oxygen atoms in total. The summed E-state index contributed by atoms with van der Waals surface area (Å²) in [7, 11) is 1.91. The van der Waals surface area contributed by atoms with Gasteiger partial charge >= 0.3 is 0 Å². The molecule has 0 aliphatic carbocycles. The Labute approximate surface area is 154 Å². The molecule has 0 saturated carbocycles. The predicted octanol–water partition coefficient (Wildman–Crippen LogP) is 2.99. The molecule has 1 aliphatic heterocycles. The number of hydrogen-bond acceptors (Lipinski definition) is 3. The van der Waals surface area contributed by atoms with Crippen molar-refractivity contribution < 1.29 is 13.6 Å². The average Bonchev–Trinajstić information content (AvgIpc) is 3.21. The van der Waals surface area contributed by atoms with Crippen LogP contribution in [0.15, 0.2) is 36.4 Å². The Morgan fingerprint density at radius 3 is 2.63 bits per heavy atom. The number of benzene rings is 1. The zero-order chi connectivity index (χ0) is 19.0. The maximum Gasteiger partial charge on any atom is 0.279 e. The van der Waals surface area contributed by atoms with Crippen LogP contribution in [-0.4, -0.2) is 43.9 Å². The van der Waals surface area contributed by atoms with Crippen LogP contribution in [-0.2, 0) is 19.9 Å². The minimum absolute atomic E-state index is 0.0256. The van der Waals surface area contributed by atoms with Crippen LogP contribution in [0, 0.1) is 0 Å². The summed E-state index contributed by atoms with van der Waals surface area (Å²) in [4.78, 5) is 14.3. The molecule has 0 unspecified atom stereocenters. The highest BCUT2D eigenvalue weighted by molar-refractivity contribution is 5.92. The Bertz CT molecular complexity index is 964. The zero-order valence-corrected chi connectivity index (χ0v) is 14.8. The van der Waals surface area contributed by atoms with Gasteiger partial charge in [-0.15, -0.1) is 0 Å². The fraction of sp³-hybridized carbons (Fsp3) is 0.316. The van der Waals surface area contributed by atoms with Crippen LogP contribution in [0.3, 0.4) is 0 Å². The van der Waals surface area contributed by atoms with Crippen molar-refractivity contribution in [2.75, 3.05) is 13.1 Å². The van der Waals surface area contributed by atoms with Crippen LogP contribution in [0.2, 0.25) is 0 Å². The van der Waals surface area contributed by atoms with E-state index >= 15 is 0 Å². The summed E-state index contributed by atoms with van der Waals surface area (Å²) < 4.78 is 27.3. The van der Waals surface area contributed by atoms with Gasteiger partial charge in [0.25, 0.3) is 12.3 Å². The molecular formula is C19H19F2N5O. The summed E-state index contributed by atoms with van der Waals surface area (Å²) in [6.45, 7) is 0.991. The Morgan fingerprint density at radius 1 is 1.19 bits per heavy atom. The van der Waals surface area contributed by atoms with E-state index in [1.165, 1.54) is 0 Å². The Hall–Kier alpha value is -3.03. The van der Waals surface area contributed by atoms with Crippen LogP contribution < -0.4 is 0 Å². The van der Waals surface area contributed by atoms with Crippen LogP contribution in [0.4, 0.5) is 8.78 Å². The molecule has 1 aliphatic rings. The molecule has 1 aromatic carbocycles. The zero-order valence-electron chi connectivity index (χ0n) is 14.8. The molecule has 2 aromatic heterocycles. The summed E-state index contributed by atoms with van der Waals surface area (Å²) in [5.74, 6) is -0.333. The van der Waals surface area contributed by atoms with Gasteiger partial charge in [-0.25, -0.2) is 8.78 Å². The third-order valence-electron chi connectivity index (χ3n) is 4.91. The van der Waals surface area contributed by atoms with Crippen molar-refractivity contribution in [3.8, 4) is 11.3 Å². The van der Waals surface area contributed by atoms with Crippen LogP contribution in [0.5, 0.6) is 0 Å². The number of nitrogens with one attached hydrogen (secondary N) is 1. The van der Waals surface area contributed by atoms with E-state index in [2.05, 4.69) is 15.3 Å². The molecule has 0 fully saturated rings. The minimum Gasteiger partial charge on any atom is -0.337 e. The lowest BCUT2D eigenvalue weighted by molar-refractivity contribution is 0.0756. The number of nitrogens with zero attached hydrogens (tertiary/aromatic N) is 4. The van der Waals surface area contributed by atoms with E-state index in [0.717, 1.165) is 28.6 Å². The molecule has 3 aromatic rings. The summed E-state index contributed by atoms with van der Waals surface area (Å²) in [6, 6.07) is 11.1. The summed E-state index contributed by atoms with van der Waals surface area (Å²) in [5, 5.41) is 10.6. The number of carbonyl (C=O) groups is 1. The molecule has 3 heterocycles. The maximum atomic E-state index is 12.7. The van der Waals surface area contributed by atoms with Crippen molar-refractivity contribution in [1.29, 1.82) is 0 Å². The quantitative estimate of drug-likeness (QED) is 0.770. The van der Waals surface area contributed by atoms with E-state index < -0.39 is 6.43 Å². The van der Waals surface area contributed by atoms with Crippen molar-refractivity contribution >= 4 is 5.91 Å². The van der Waals surface area contributed by atoms with Crippen molar-refractivity contribution in [1.82, 2.24) is 24.9 Å². The standard InChI is InChI=1S/C19H19F2N5O/c1-25-16-8-10-26(19(27)15-11-14(18(20)21)22-23-15)9-7-13(16)17(24-25)12-5-3-2-4-6-12/h2-6,11,18H,7-10H2,1H3,(H,22,23). The van der Waals surface area contributed by atoms with Gasteiger partial charge in [0.1, 0.15) is 5.69 Å². The molecule has 27 heavy (non-hydrogen) atoms. The molecule has 1 amide bonds. The maximum absolute atomic E-state index is 12.7. The van der Waals surface area contributed by atoms with Gasteiger partial charge in [0.2, 0.25) is 0 Å². The number of rotatable bonds is 3. The van der Waals surface area contributed by atoms with Crippen LogP contribution >= 0.6 is 0 Å².